The van der Waals surface area contributed by atoms with Crippen LogP contribution in [0.3, 0.4) is 0 Å². The first-order chi connectivity index (χ1) is 10.8. The smallest absolute Gasteiger partial charge is 0.208 e. The van der Waals surface area contributed by atoms with Crippen molar-refractivity contribution in [2.45, 2.75) is 19.4 Å². The third kappa shape index (κ3) is 2.50. The van der Waals surface area contributed by atoms with Crippen LogP contribution in [0.5, 0.6) is 0 Å². The summed E-state index contributed by atoms with van der Waals surface area (Å²) in [6.07, 6.45) is 4.30. The van der Waals surface area contributed by atoms with E-state index >= 15 is 0 Å². The summed E-state index contributed by atoms with van der Waals surface area (Å²) in [5.74, 6) is 1.04. The molecule has 112 valence electrons. The molecule has 3 heterocycles. The zero-order valence-electron chi connectivity index (χ0n) is 12.2. The summed E-state index contributed by atoms with van der Waals surface area (Å²) in [5.41, 5.74) is 3.18. The maximum absolute atomic E-state index is 4.79. The fourth-order valence-corrected chi connectivity index (χ4v) is 3.37. The van der Waals surface area contributed by atoms with Crippen molar-refractivity contribution < 1.29 is 0 Å². The predicted octanol–water partition coefficient (Wildman–Crippen LogP) is 3.84. The molecule has 1 saturated heterocycles. The number of rotatable bonds is 3. The Kier molecular flexibility index (Phi) is 3.58. The zero-order valence-corrected chi connectivity index (χ0v) is 13.8. The Morgan fingerprint density at radius 1 is 1.09 bits per heavy atom. The topological polar surface area (TPSA) is 34.0 Å². The molecule has 0 spiro atoms. The molecule has 3 aromatic rings. The van der Waals surface area contributed by atoms with Gasteiger partial charge in [0, 0.05) is 23.8 Å². The van der Waals surface area contributed by atoms with E-state index in [1.54, 1.807) is 0 Å². The minimum atomic E-state index is 0.820. The molecule has 5 heteroatoms. The molecule has 0 saturated carbocycles. The van der Waals surface area contributed by atoms with Gasteiger partial charge in [0.2, 0.25) is 5.95 Å². The molecule has 1 aromatic carbocycles. The second-order valence-corrected chi connectivity index (χ2v) is 6.59. The van der Waals surface area contributed by atoms with Crippen molar-refractivity contribution in [1.82, 2.24) is 14.5 Å². The van der Waals surface area contributed by atoms with Gasteiger partial charge in [-0.25, -0.2) is 4.98 Å². The molecule has 22 heavy (non-hydrogen) atoms. The van der Waals surface area contributed by atoms with E-state index in [1.807, 2.05) is 6.20 Å². The van der Waals surface area contributed by atoms with Crippen molar-refractivity contribution >= 4 is 33.0 Å². The number of hydrogen-bond acceptors (Lipinski definition) is 3. The molecule has 0 bridgehead atoms. The van der Waals surface area contributed by atoms with Crippen LogP contribution in [0, 0.1) is 0 Å². The van der Waals surface area contributed by atoms with Crippen molar-refractivity contribution in [3.63, 3.8) is 0 Å². The van der Waals surface area contributed by atoms with E-state index in [0.717, 1.165) is 41.2 Å². The molecule has 0 N–H and O–H groups in total. The summed E-state index contributed by atoms with van der Waals surface area (Å²) in [4.78, 5) is 11.6. The van der Waals surface area contributed by atoms with Crippen molar-refractivity contribution in [1.29, 1.82) is 0 Å². The minimum absolute atomic E-state index is 0.820. The average molecular weight is 357 g/mol. The van der Waals surface area contributed by atoms with E-state index in [0.29, 0.717) is 0 Å². The standard InChI is InChI=1S/C17H17BrN4/c18-14-10-15-16(19-11-14)20-17(21-8-4-5-9-21)22(15)12-13-6-2-1-3-7-13/h1-3,6-7,10-11H,4-5,8-9,12H2. The predicted molar refractivity (Wildman–Crippen MR) is 92.2 cm³/mol. The third-order valence-corrected chi connectivity index (χ3v) is 4.56. The molecular weight excluding hydrogens is 340 g/mol. The highest BCUT2D eigenvalue weighted by molar-refractivity contribution is 9.10. The molecule has 4 rings (SSSR count). The Labute approximate surface area is 137 Å². The molecule has 0 amide bonds. The number of pyridine rings is 1. The largest absolute Gasteiger partial charge is 0.342 e. The van der Waals surface area contributed by atoms with Crippen LogP contribution in [0.25, 0.3) is 11.2 Å². The van der Waals surface area contributed by atoms with Gasteiger partial charge in [0.1, 0.15) is 0 Å². The average Bonchev–Trinajstić information content (AvgIpc) is 3.17. The van der Waals surface area contributed by atoms with Crippen LogP contribution in [0.15, 0.2) is 47.1 Å². The van der Waals surface area contributed by atoms with Gasteiger partial charge in [-0.1, -0.05) is 30.3 Å². The van der Waals surface area contributed by atoms with Gasteiger partial charge < -0.3 is 9.47 Å². The highest BCUT2D eigenvalue weighted by atomic mass is 79.9. The van der Waals surface area contributed by atoms with Gasteiger partial charge >= 0.3 is 0 Å². The molecule has 0 aliphatic carbocycles. The number of benzene rings is 1. The monoisotopic (exact) mass is 356 g/mol. The second kappa shape index (κ2) is 5.72. The van der Waals surface area contributed by atoms with E-state index in [1.165, 1.54) is 18.4 Å². The Bertz CT molecular complexity index is 791. The van der Waals surface area contributed by atoms with E-state index in [4.69, 9.17) is 4.98 Å². The van der Waals surface area contributed by atoms with E-state index in [-0.39, 0.29) is 0 Å². The molecule has 0 unspecified atom stereocenters. The Hall–Kier alpha value is -1.88. The van der Waals surface area contributed by atoms with E-state index in [2.05, 4.69) is 66.8 Å². The Morgan fingerprint density at radius 2 is 1.86 bits per heavy atom. The molecule has 0 radical (unpaired) electrons. The first-order valence-electron chi connectivity index (χ1n) is 7.62. The number of aromatic nitrogens is 3. The lowest BCUT2D eigenvalue weighted by atomic mass is 10.2. The number of nitrogens with zero attached hydrogens (tertiary/aromatic N) is 4. The van der Waals surface area contributed by atoms with Crippen LogP contribution in [-0.2, 0) is 6.54 Å². The summed E-state index contributed by atoms with van der Waals surface area (Å²) in [6.45, 7) is 2.99. The summed E-state index contributed by atoms with van der Waals surface area (Å²) >= 11 is 3.53. The van der Waals surface area contributed by atoms with E-state index in [9.17, 15) is 0 Å². The van der Waals surface area contributed by atoms with Crippen molar-refractivity contribution in [3.8, 4) is 0 Å². The maximum Gasteiger partial charge on any atom is 0.208 e. The quantitative estimate of drug-likeness (QED) is 0.714. The number of anilines is 1. The Morgan fingerprint density at radius 3 is 2.64 bits per heavy atom. The van der Waals surface area contributed by atoms with Crippen molar-refractivity contribution in [2.75, 3.05) is 18.0 Å². The number of halogens is 1. The van der Waals surface area contributed by atoms with Crippen molar-refractivity contribution in [3.05, 3.63) is 52.6 Å². The zero-order chi connectivity index (χ0) is 14.9. The number of imidazole rings is 1. The molecule has 0 atom stereocenters. The minimum Gasteiger partial charge on any atom is -0.342 e. The number of fused-ring (bicyclic) bond motifs is 1. The first-order valence-corrected chi connectivity index (χ1v) is 8.41. The van der Waals surface area contributed by atoms with Crippen LogP contribution in [0.4, 0.5) is 5.95 Å². The normalized spacial score (nSPS) is 14.9. The molecule has 1 aliphatic rings. The van der Waals surface area contributed by atoms with Gasteiger partial charge in [0.15, 0.2) is 5.65 Å². The fraction of sp³-hybridized carbons (Fsp3) is 0.294. The lowest BCUT2D eigenvalue weighted by Gasteiger charge is -2.18. The van der Waals surface area contributed by atoms with Crippen LogP contribution in [0.1, 0.15) is 18.4 Å². The van der Waals surface area contributed by atoms with Crippen LogP contribution < -0.4 is 4.90 Å². The second-order valence-electron chi connectivity index (χ2n) is 5.67. The lowest BCUT2D eigenvalue weighted by Crippen LogP contribution is -2.22. The summed E-state index contributed by atoms with van der Waals surface area (Å²) < 4.78 is 3.27. The molecule has 2 aromatic heterocycles. The van der Waals surface area contributed by atoms with Gasteiger partial charge in [-0.05, 0) is 40.4 Å². The summed E-state index contributed by atoms with van der Waals surface area (Å²) in [7, 11) is 0. The van der Waals surface area contributed by atoms with Gasteiger partial charge in [0.25, 0.3) is 0 Å². The SMILES string of the molecule is Brc1cnc2nc(N3CCCC3)n(Cc3ccccc3)c2c1. The van der Waals surface area contributed by atoms with Crippen LogP contribution in [-0.4, -0.2) is 27.6 Å². The van der Waals surface area contributed by atoms with Gasteiger partial charge in [-0.15, -0.1) is 0 Å². The molecule has 1 fully saturated rings. The highest BCUT2D eigenvalue weighted by Gasteiger charge is 2.21. The lowest BCUT2D eigenvalue weighted by molar-refractivity contribution is 0.775. The summed E-state index contributed by atoms with van der Waals surface area (Å²) in [5, 5.41) is 0. The maximum atomic E-state index is 4.79. The third-order valence-electron chi connectivity index (χ3n) is 4.12. The molecular formula is C17H17BrN4. The Balaban J connectivity index is 1.84. The van der Waals surface area contributed by atoms with Crippen LogP contribution in [0.2, 0.25) is 0 Å². The van der Waals surface area contributed by atoms with Crippen LogP contribution >= 0.6 is 15.9 Å². The fourth-order valence-electron chi connectivity index (χ4n) is 3.05. The van der Waals surface area contributed by atoms with Gasteiger partial charge in [-0.2, -0.15) is 4.98 Å². The van der Waals surface area contributed by atoms with E-state index < -0.39 is 0 Å². The molecule has 4 nitrogen and oxygen atoms in total. The molecule has 1 aliphatic heterocycles. The van der Waals surface area contributed by atoms with Gasteiger partial charge in [-0.3, -0.25) is 0 Å². The van der Waals surface area contributed by atoms with Crippen molar-refractivity contribution in [2.24, 2.45) is 0 Å². The first kappa shape index (κ1) is 13.8. The number of hydrogen-bond donors (Lipinski definition) is 0. The summed E-state index contributed by atoms with van der Waals surface area (Å²) in [6, 6.07) is 12.6. The van der Waals surface area contributed by atoms with Gasteiger partial charge in [0.05, 0.1) is 12.1 Å². The highest BCUT2D eigenvalue weighted by Crippen LogP contribution is 2.27.